The number of carbonyl (C=O) groups is 1. The van der Waals surface area contributed by atoms with Gasteiger partial charge in [-0.2, -0.15) is 13.2 Å². The van der Waals surface area contributed by atoms with Crippen molar-refractivity contribution in [3.63, 3.8) is 0 Å². The number of nitrogens with two attached hydrogens (primary N) is 1. The highest BCUT2D eigenvalue weighted by Gasteiger charge is 2.55. The van der Waals surface area contributed by atoms with E-state index in [1.807, 2.05) is 6.92 Å². The van der Waals surface area contributed by atoms with E-state index < -0.39 is 17.6 Å². The van der Waals surface area contributed by atoms with E-state index in [2.05, 4.69) is 0 Å². The van der Waals surface area contributed by atoms with Crippen LogP contribution < -0.4 is 5.73 Å². The molecule has 0 fully saturated rings. The Bertz CT molecular complexity index is 239. The fraction of sp³-hybridized carbons (Fsp3) is 0.900. The van der Waals surface area contributed by atoms with Crippen molar-refractivity contribution in [3.8, 4) is 0 Å². The zero-order valence-electron chi connectivity index (χ0n) is 9.90. The van der Waals surface area contributed by atoms with Crippen LogP contribution in [0.5, 0.6) is 0 Å². The number of hydrogen-bond acceptors (Lipinski definition) is 2. The van der Waals surface area contributed by atoms with Crippen molar-refractivity contribution >= 4 is 5.91 Å². The van der Waals surface area contributed by atoms with Gasteiger partial charge in [0.2, 0.25) is 0 Å². The molecule has 0 aliphatic heterocycles. The summed E-state index contributed by atoms with van der Waals surface area (Å²) in [5, 5.41) is 0. The molecule has 0 heterocycles. The van der Waals surface area contributed by atoms with E-state index in [0.717, 1.165) is 11.3 Å². The van der Waals surface area contributed by atoms with Crippen molar-refractivity contribution in [2.75, 3.05) is 13.1 Å². The number of carbonyl (C=O) groups excluding carboxylic acids is 1. The van der Waals surface area contributed by atoms with Crippen molar-refractivity contribution in [1.29, 1.82) is 0 Å². The standard InChI is InChI=1S/C10H19F3N2O/c1-4-6-7-15(5-2)8(16)9(3,14)10(11,12)13/h4-7,14H2,1-3H3. The molecule has 1 amide bonds. The summed E-state index contributed by atoms with van der Waals surface area (Å²) in [6.45, 7) is 4.81. The average Bonchev–Trinajstić information content (AvgIpc) is 2.16. The highest BCUT2D eigenvalue weighted by atomic mass is 19.4. The van der Waals surface area contributed by atoms with Gasteiger partial charge in [0.1, 0.15) is 0 Å². The first-order chi connectivity index (χ1) is 7.18. The van der Waals surface area contributed by atoms with E-state index in [1.165, 1.54) is 0 Å². The summed E-state index contributed by atoms with van der Waals surface area (Å²) >= 11 is 0. The van der Waals surface area contributed by atoms with Gasteiger partial charge in [-0.1, -0.05) is 13.3 Å². The van der Waals surface area contributed by atoms with Gasteiger partial charge >= 0.3 is 6.18 Å². The molecule has 0 saturated heterocycles. The van der Waals surface area contributed by atoms with E-state index in [4.69, 9.17) is 5.73 Å². The molecule has 1 atom stereocenters. The zero-order chi connectivity index (χ0) is 13.0. The van der Waals surface area contributed by atoms with E-state index in [1.54, 1.807) is 6.92 Å². The maximum absolute atomic E-state index is 12.5. The Hall–Kier alpha value is -0.780. The number of unbranched alkanes of at least 4 members (excludes halogenated alkanes) is 1. The summed E-state index contributed by atoms with van der Waals surface area (Å²) < 4.78 is 37.6. The molecule has 0 aliphatic carbocycles. The molecular weight excluding hydrogens is 221 g/mol. The first-order valence-electron chi connectivity index (χ1n) is 5.33. The van der Waals surface area contributed by atoms with E-state index in [9.17, 15) is 18.0 Å². The second-order valence-electron chi connectivity index (χ2n) is 3.94. The molecule has 96 valence electrons. The zero-order valence-corrected chi connectivity index (χ0v) is 9.90. The molecule has 0 bridgehead atoms. The molecule has 0 aromatic heterocycles. The van der Waals surface area contributed by atoms with Gasteiger partial charge in [-0.3, -0.25) is 4.79 Å². The molecule has 0 aromatic rings. The number of rotatable bonds is 5. The summed E-state index contributed by atoms with van der Waals surface area (Å²) in [6.07, 6.45) is -3.23. The lowest BCUT2D eigenvalue weighted by atomic mass is 10.0. The average molecular weight is 240 g/mol. The Labute approximate surface area is 93.8 Å². The molecule has 3 nitrogen and oxygen atoms in total. The van der Waals surface area contributed by atoms with Gasteiger partial charge in [-0.15, -0.1) is 0 Å². The number of nitrogens with zero attached hydrogens (tertiary/aromatic N) is 1. The van der Waals surface area contributed by atoms with Crippen LogP contribution in [0.1, 0.15) is 33.6 Å². The molecule has 6 heteroatoms. The topological polar surface area (TPSA) is 46.3 Å². The van der Waals surface area contributed by atoms with Crippen LogP contribution in [-0.2, 0) is 4.79 Å². The minimum absolute atomic E-state index is 0.238. The lowest BCUT2D eigenvalue weighted by Crippen LogP contribution is -2.62. The largest absolute Gasteiger partial charge is 0.415 e. The third-order valence-corrected chi connectivity index (χ3v) is 2.48. The van der Waals surface area contributed by atoms with Crippen molar-refractivity contribution in [3.05, 3.63) is 0 Å². The van der Waals surface area contributed by atoms with Gasteiger partial charge < -0.3 is 10.6 Å². The maximum Gasteiger partial charge on any atom is 0.415 e. The minimum atomic E-state index is -4.72. The smallest absolute Gasteiger partial charge is 0.341 e. The third kappa shape index (κ3) is 3.37. The van der Waals surface area contributed by atoms with Crippen LogP contribution in [0.3, 0.4) is 0 Å². The molecule has 16 heavy (non-hydrogen) atoms. The quantitative estimate of drug-likeness (QED) is 0.798. The van der Waals surface area contributed by atoms with Crippen LogP contribution in [0, 0.1) is 0 Å². The summed E-state index contributed by atoms with van der Waals surface area (Å²) in [4.78, 5) is 12.8. The molecular formula is C10H19F3N2O. The fourth-order valence-electron chi connectivity index (χ4n) is 1.20. The Balaban J connectivity index is 4.74. The lowest BCUT2D eigenvalue weighted by molar-refractivity contribution is -0.193. The van der Waals surface area contributed by atoms with Crippen LogP contribution in [0.25, 0.3) is 0 Å². The van der Waals surface area contributed by atoms with Gasteiger partial charge in [-0.05, 0) is 20.3 Å². The van der Waals surface area contributed by atoms with Gasteiger partial charge in [-0.25, -0.2) is 0 Å². The minimum Gasteiger partial charge on any atom is -0.341 e. The normalized spacial score (nSPS) is 15.7. The number of halogens is 3. The van der Waals surface area contributed by atoms with E-state index in [-0.39, 0.29) is 6.54 Å². The van der Waals surface area contributed by atoms with Gasteiger partial charge in [0.15, 0.2) is 5.54 Å². The fourth-order valence-corrected chi connectivity index (χ4v) is 1.20. The Morgan fingerprint density at radius 1 is 1.31 bits per heavy atom. The highest BCUT2D eigenvalue weighted by molar-refractivity contribution is 5.86. The van der Waals surface area contributed by atoms with Crippen molar-refractivity contribution in [2.24, 2.45) is 5.73 Å². The molecule has 0 radical (unpaired) electrons. The third-order valence-electron chi connectivity index (χ3n) is 2.48. The van der Waals surface area contributed by atoms with Crippen LogP contribution in [0.2, 0.25) is 0 Å². The number of hydrogen-bond donors (Lipinski definition) is 1. The van der Waals surface area contributed by atoms with Gasteiger partial charge in [0.05, 0.1) is 0 Å². The molecule has 0 rings (SSSR count). The summed E-state index contributed by atoms with van der Waals surface area (Å²) in [6, 6.07) is 0. The Morgan fingerprint density at radius 2 is 1.81 bits per heavy atom. The summed E-state index contributed by atoms with van der Waals surface area (Å²) in [5.41, 5.74) is 2.27. The van der Waals surface area contributed by atoms with Crippen LogP contribution in [0.15, 0.2) is 0 Å². The van der Waals surface area contributed by atoms with Crippen molar-refractivity contribution in [1.82, 2.24) is 4.90 Å². The SMILES string of the molecule is CCCCN(CC)C(=O)C(C)(N)C(F)(F)F. The first-order valence-corrected chi connectivity index (χ1v) is 5.33. The number of likely N-dealkylation sites (N-methyl/N-ethyl adjacent to an activating group) is 1. The van der Waals surface area contributed by atoms with Crippen LogP contribution in [0.4, 0.5) is 13.2 Å². The summed E-state index contributed by atoms with van der Waals surface area (Å²) in [7, 11) is 0. The van der Waals surface area contributed by atoms with E-state index in [0.29, 0.717) is 19.9 Å². The van der Waals surface area contributed by atoms with Gasteiger partial charge in [0.25, 0.3) is 5.91 Å². The first kappa shape index (κ1) is 15.2. The second-order valence-corrected chi connectivity index (χ2v) is 3.94. The van der Waals surface area contributed by atoms with E-state index >= 15 is 0 Å². The van der Waals surface area contributed by atoms with Crippen molar-refractivity contribution in [2.45, 2.75) is 45.3 Å². The van der Waals surface area contributed by atoms with Gasteiger partial charge in [0, 0.05) is 13.1 Å². The number of alkyl halides is 3. The highest BCUT2D eigenvalue weighted by Crippen LogP contribution is 2.29. The van der Waals surface area contributed by atoms with Crippen molar-refractivity contribution < 1.29 is 18.0 Å². The molecule has 0 saturated carbocycles. The molecule has 1 unspecified atom stereocenters. The van der Waals surface area contributed by atoms with Crippen LogP contribution in [-0.4, -0.2) is 35.6 Å². The molecule has 0 aromatic carbocycles. The Morgan fingerprint density at radius 3 is 2.12 bits per heavy atom. The number of amides is 1. The molecule has 2 N–H and O–H groups in total. The Kier molecular flexibility index (Phi) is 5.25. The molecule has 0 spiro atoms. The molecule has 0 aliphatic rings. The van der Waals surface area contributed by atoms with Crippen LogP contribution >= 0.6 is 0 Å². The second kappa shape index (κ2) is 5.52. The monoisotopic (exact) mass is 240 g/mol. The lowest BCUT2D eigenvalue weighted by Gasteiger charge is -2.32. The maximum atomic E-state index is 12.5. The summed E-state index contributed by atoms with van der Waals surface area (Å²) in [5.74, 6) is -1.06. The predicted octanol–water partition coefficient (Wildman–Crippen LogP) is 1.91. The predicted molar refractivity (Wildman–Crippen MR) is 55.8 cm³/mol.